The van der Waals surface area contributed by atoms with Gasteiger partial charge in [-0.3, -0.25) is 9.63 Å². The number of carbonyl (C=O) groups is 1. The molecule has 60 valence electrons. The smallest absolute Gasteiger partial charge is 0.322 e. The van der Waals surface area contributed by atoms with Crippen molar-refractivity contribution in [3.63, 3.8) is 0 Å². The van der Waals surface area contributed by atoms with E-state index in [4.69, 9.17) is 9.94 Å². The van der Waals surface area contributed by atoms with Crippen LogP contribution in [0.15, 0.2) is 0 Å². The SMILES string of the molecule is CC(C)ON[C@@H](C)C(=O)O. The molecule has 0 aliphatic rings. The molecule has 0 amide bonds. The molecule has 0 aliphatic carbocycles. The van der Waals surface area contributed by atoms with E-state index in [0.29, 0.717) is 0 Å². The Kier molecular flexibility index (Phi) is 3.99. The summed E-state index contributed by atoms with van der Waals surface area (Å²) in [5.74, 6) is -0.916. The molecule has 0 aromatic carbocycles. The maximum atomic E-state index is 10.2. The highest BCUT2D eigenvalue weighted by molar-refractivity contribution is 5.72. The molecule has 0 aromatic rings. The second-order valence-electron chi connectivity index (χ2n) is 2.34. The maximum absolute atomic E-state index is 10.2. The molecule has 0 heterocycles. The fourth-order valence-electron chi connectivity index (χ4n) is 0.289. The molecule has 0 aliphatic heterocycles. The molecule has 1 atom stereocenters. The Labute approximate surface area is 60.1 Å². The Morgan fingerprint density at radius 3 is 2.30 bits per heavy atom. The molecule has 0 rings (SSSR count). The lowest BCUT2D eigenvalue weighted by atomic mass is 10.4. The number of hydrogen-bond donors (Lipinski definition) is 2. The Morgan fingerprint density at radius 1 is 1.50 bits per heavy atom. The molecule has 4 heteroatoms. The third kappa shape index (κ3) is 4.29. The van der Waals surface area contributed by atoms with Gasteiger partial charge in [0.15, 0.2) is 0 Å². The van der Waals surface area contributed by atoms with Crippen LogP contribution in [0.3, 0.4) is 0 Å². The minimum absolute atomic E-state index is 0.00167. The lowest BCUT2D eigenvalue weighted by Crippen LogP contribution is -2.35. The van der Waals surface area contributed by atoms with Gasteiger partial charge in [-0.1, -0.05) is 0 Å². The van der Waals surface area contributed by atoms with E-state index >= 15 is 0 Å². The zero-order valence-corrected chi connectivity index (χ0v) is 6.42. The highest BCUT2D eigenvalue weighted by Gasteiger charge is 2.09. The minimum Gasteiger partial charge on any atom is -0.480 e. The molecular weight excluding hydrogens is 134 g/mol. The van der Waals surface area contributed by atoms with Gasteiger partial charge in [0.05, 0.1) is 6.10 Å². The van der Waals surface area contributed by atoms with E-state index in [2.05, 4.69) is 5.48 Å². The van der Waals surface area contributed by atoms with Crippen LogP contribution in [-0.4, -0.2) is 23.2 Å². The van der Waals surface area contributed by atoms with Crippen LogP contribution in [0.5, 0.6) is 0 Å². The van der Waals surface area contributed by atoms with Crippen LogP contribution in [0.25, 0.3) is 0 Å². The second kappa shape index (κ2) is 4.24. The Bertz CT molecular complexity index is 114. The van der Waals surface area contributed by atoms with Crippen molar-refractivity contribution < 1.29 is 14.7 Å². The first kappa shape index (κ1) is 9.39. The van der Waals surface area contributed by atoms with Crippen molar-refractivity contribution in [2.75, 3.05) is 0 Å². The van der Waals surface area contributed by atoms with Gasteiger partial charge in [-0.15, -0.1) is 0 Å². The summed E-state index contributed by atoms with van der Waals surface area (Å²) in [6.45, 7) is 5.16. The van der Waals surface area contributed by atoms with E-state index < -0.39 is 12.0 Å². The molecule has 2 N–H and O–H groups in total. The molecular formula is C6H13NO3. The number of rotatable bonds is 4. The molecule has 0 saturated heterocycles. The average molecular weight is 147 g/mol. The van der Waals surface area contributed by atoms with Crippen LogP contribution in [0.2, 0.25) is 0 Å². The van der Waals surface area contributed by atoms with Crippen molar-refractivity contribution in [2.45, 2.75) is 32.9 Å². The molecule has 0 unspecified atom stereocenters. The highest BCUT2D eigenvalue weighted by Crippen LogP contribution is 1.86. The van der Waals surface area contributed by atoms with Gasteiger partial charge in [0.2, 0.25) is 0 Å². The topological polar surface area (TPSA) is 58.6 Å². The van der Waals surface area contributed by atoms with E-state index in [1.54, 1.807) is 0 Å². The fourth-order valence-corrected chi connectivity index (χ4v) is 0.289. The number of aliphatic carboxylic acids is 1. The molecule has 0 spiro atoms. The molecule has 4 nitrogen and oxygen atoms in total. The van der Waals surface area contributed by atoms with Gasteiger partial charge < -0.3 is 5.11 Å². The molecule has 0 aromatic heterocycles. The van der Waals surface area contributed by atoms with Crippen molar-refractivity contribution in [3.8, 4) is 0 Å². The highest BCUT2D eigenvalue weighted by atomic mass is 16.7. The summed E-state index contributed by atoms with van der Waals surface area (Å²) in [6, 6.07) is -0.651. The quantitative estimate of drug-likeness (QED) is 0.565. The van der Waals surface area contributed by atoms with E-state index in [-0.39, 0.29) is 6.10 Å². The molecule has 0 saturated carbocycles. The van der Waals surface area contributed by atoms with E-state index in [9.17, 15) is 4.79 Å². The van der Waals surface area contributed by atoms with Crippen LogP contribution < -0.4 is 5.48 Å². The first-order valence-corrected chi connectivity index (χ1v) is 3.18. The summed E-state index contributed by atoms with van der Waals surface area (Å²) < 4.78 is 0. The maximum Gasteiger partial charge on any atom is 0.322 e. The van der Waals surface area contributed by atoms with Gasteiger partial charge in [0.1, 0.15) is 6.04 Å². The number of hydrogen-bond acceptors (Lipinski definition) is 3. The summed E-state index contributed by atoms with van der Waals surface area (Å²) >= 11 is 0. The van der Waals surface area contributed by atoms with Crippen LogP contribution in [0, 0.1) is 0 Å². The standard InChI is InChI=1S/C6H13NO3/c1-4(2)10-7-5(3)6(8)9/h4-5,7H,1-3H3,(H,8,9)/t5-/m0/s1. The first-order chi connectivity index (χ1) is 4.54. The van der Waals surface area contributed by atoms with Crippen LogP contribution >= 0.6 is 0 Å². The van der Waals surface area contributed by atoms with Crippen molar-refractivity contribution in [1.29, 1.82) is 0 Å². The number of hydroxylamine groups is 1. The molecule has 0 fully saturated rings. The Hall–Kier alpha value is -0.610. The van der Waals surface area contributed by atoms with Crippen LogP contribution in [0.1, 0.15) is 20.8 Å². The number of nitrogens with one attached hydrogen (secondary N) is 1. The summed E-state index contributed by atoms with van der Waals surface area (Å²) in [4.78, 5) is 15.0. The predicted octanol–water partition coefficient (Wildman–Crippen LogP) is 0.389. The Morgan fingerprint density at radius 2 is 2.00 bits per heavy atom. The number of carboxylic acid groups (broad SMARTS) is 1. The summed E-state index contributed by atoms with van der Waals surface area (Å²) in [5.41, 5.74) is 2.38. The van der Waals surface area contributed by atoms with Gasteiger partial charge in [-0.2, -0.15) is 5.48 Å². The lowest BCUT2D eigenvalue weighted by molar-refractivity contribution is -0.144. The molecule has 0 bridgehead atoms. The fraction of sp³-hybridized carbons (Fsp3) is 0.833. The van der Waals surface area contributed by atoms with Gasteiger partial charge in [0.25, 0.3) is 0 Å². The van der Waals surface area contributed by atoms with E-state index in [1.807, 2.05) is 13.8 Å². The minimum atomic E-state index is -0.916. The average Bonchev–Trinajstić information content (AvgIpc) is 1.82. The third-order valence-electron chi connectivity index (χ3n) is 0.851. The van der Waals surface area contributed by atoms with Gasteiger partial charge in [0, 0.05) is 0 Å². The summed E-state index contributed by atoms with van der Waals surface area (Å²) in [6.07, 6.45) is 0.00167. The van der Waals surface area contributed by atoms with Gasteiger partial charge >= 0.3 is 5.97 Å². The van der Waals surface area contributed by atoms with Crippen molar-refractivity contribution >= 4 is 5.97 Å². The van der Waals surface area contributed by atoms with E-state index in [0.717, 1.165) is 0 Å². The van der Waals surface area contributed by atoms with Gasteiger partial charge in [-0.05, 0) is 20.8 Å². The van der Waals surface area contributed by atoms with Crippen LogP contribution in [-0.2, 0) is 9.63 Å². The zero-order chi connectivity index (χ0) is 8.15. The second-order valence-corrected chi connectivity index (χ2v) is 2.34. The summed E-state index contributed by atoms with van der Waals surface area (Å²) in [7, 11) is 0. The van der Waals surface area contributed by atoms with Gasteiger partial charge in [-0.25, -0.2) is 0 Å². The lowest BCUT2D eigenvalue weighted by Gasteiger charge is -2.11. The first-order valence-electron chi connectivity index (χ1n) is 3.18. The third-order valence-corrected chi connectivity index (χ3v) is 0.851. The zero-order valence-electron chi connectivity index (χ0n) is 6.42. The van der Waals surface area contributed by atoms with Crippen LogP contribution in [0.4, 0.5) is 0 Å². The normalized spacial score (nSPS) is 13.6. The van der Waals surface area contributed by atoms with E-state index in [1.165, 1.54) is 6.92 Å². The monoisotopic (exact) mass is 147 g/mol. The Balaban J connectivity index is 3.40. The molecule has 10 heavy (non-hydrogen) atoms. The van der Waals surface area contributed by atoms with Crippen molar-refractivity contribution in [2.24, 2.45) is 0 Å². The molecule has 0 radical (unpaired) electrons. The van der Waals surface area contributed by atoms with Crippen molar-refractivity contribution in [1.82, 2.24) is 5.48 Å². The van der Waals surface area contributed by atoms with Crippen molar-refractivity contribution in [3.05, 3.63) is 0 Å². The number of carboxylic acids is 1. The predicted molar refractivity (Wildman–Crippen MR) is 36.5 cm³/mol. The summed E-state index contributed by atoms with van der Waals surface area (Å²) in [5, 5.41) is 8.35. The largest absolute Gasteiger partial charge is 0.480 e.